The van der Waals surface area contributed by atoms with Gasteiger partial charge in [-0.2, -0.15) is 0 Å². The lowest BCUT2D eigenvalue weighted by molar-refractivity contribution is 0.386. The van der Waals surface area contributed by atoms with E-state index < -0.39 is 11.2 Å². The predicted octanol–water partition coefficient (Wildman–Crippen LogP) is 3.16. The fraction of sp³-hybridized carbons (Fsp3) is 0.286. The number of hydrogen-bond acceptors (Lipinski definition) is 4. The summed E-state index contributed by atoms with van der Waals surface area (Å²) in [6.45, 7) is 0. The Morgan fingerprint density at radius 3 is 2.65 bits per heavy atom. The van der Waals surface area contributed by atoms with Crippen molar-refractivity contribution in [1.82, 2.24) is 9.97 Å². The van der Waals surface area contributed by atoms with Crippen LogP contribution in [-0.2, 0) is 6.42 Å². The molecule has 0 saturated heterocycles. The van der Waals surface area contributed by atoms with Crippen LogP contribution in [0.2, 0.25) is 0 Å². The molecule has 0 amide bonds. The number of hydrogen-bond donors (Lipinski definition) is 0. The van der Waals surface area contributed by atoms with Crippen molar-refractivity contribution in [1.29, 1.82) is 0 Å². The Morgan fingerprint density at radius 1 is 1.20 bits per heavy atom. The molecule has 0 bridgehead atoms. The number of ether oxygens (including phenoxy) is 2. The van der Waals surface area contributed by atoms with Crippen molar-refractivity contribution in [3.05, 3.63) is 47.7 Å². The van der Waals surface area contributed by atoms with Crippen molar-refractivity contribution in [3.8, 4) is 11.6 Å². The van der Waals surface area contributed by atoms with Gasteiger partial charge in [0.25, 0.3) is 0 Å². The highest BCUT2D eigenvalue weighted by Gasteiger charge is 2.13. The molecule has 2 aromatic rings. The first-order chi connectivity index (χ1) is 9.63. The number of methoxy groups -OCH3 is 2. The standard InChI is InChI=1S/C14H14ClFN2O2/c1-19-13-4-3-9(5-12(13)16)11(15)6-10-7-14(20-2)18-8-17-10/h3-5,7-8,11H,6H2,1-2H3. The van der Waals surface area contributed by atoms with Crippen molar-refractivity contribution >= 4 is 11.6 Å². The van der Waals surface area contributed by atoms with E-state index in [2.05, 4.69) is 9.97 Å². The van der Waals surface area contributed by atoms with Crippen LogP contribution in [0.3, 0.4) is 0 Å². The van der Waals surface area contributed by atoms with Crippen molar-refractivity contribution in [2.75, 3.05) is 14.2 Å². The fourth-order valence-electron chi connectivity index (χ4n) is 1.78. The Bertz CT molecular complexity index is 595. The molecule has 0 N–H and O–H groups in total. The summed E-state index contributed by atoms with van der Waals surface area (Å²) in [5.74, 6) is 0.233. The normalized spacial score (nSPS) is 12.0. The SMILES string of the molecule is COc1cc(CC(Cl)c2ccc(OC)c(F)c2)ncn1. The molecule has 2 rings (SSSR count). The van der Waals surface area contributed by atoms with Gasteiger partial charge in [0.2, 0.25) is 5.88 Å². The molecule has 0 spiro atoms. The third kappa shape index (κ3) is 3.36. The zero-order chi connectivity index (χ0) is 14.5. The molecule has 0 fully saturated rings. The first kappa shape index (κ1) is 14.5. The van der Waals surface area contributed by atoms with Gasteiger partial charge in [-0.25, -0.2) is 14.4 Å². The van der Waals surface area contributed by atoms with Crippen LogP contribution in [0.5, 0.6) is 11.6 Å². The van der Waals surface area contributed by atoms with Crippen LogP contribution in [0.1, 0.15) is 16.6 Å². The summed E-state index contributed by atoms with van der Waals surface area (Å²) in [5, 5.41) is -0.394. The van der Waals surface area contributed by atoms with Gasteiger partial charge in [0, 0.05) is 18.2 Å². The summed E-state index contributed by atoms with van der Waals surface area (Å²) >= 11 is 6.30. The molecule has 0 aliphatic heterocycles. The minimum Gasteiger partial charge on any atom is -0.494 e. The van der Waals surface area contributed by atoms with Crippen LogP contribution >= 0.6 is 11.6 Å². The summed E-state index contributed by atoms with van der Waals surface area (Å²) in [6.07, 6.45) is 1.86. The smallest absolute Gasteiger partial charge is 0.216 e. The van der Waals surface area contributed by atoms with E-state index >= 15 is 0 Å². The Labute approximate surface area is 121 Å². The van der Waals surface area contributed by atoms with Gasteiger partial charge in [0.1, 0.15) is 6.33 Å². The second-order valence-electron chi connectivity index (χ2n) is 4.12. The van der Waals surface area contributed by atoms with Gasteiger partial charge in [0.05, 0.1) is 19.6 Å². The topological polar surface area (TPSA) is 44.2 Å². The number of nitrogens with zero attached hydrogens (tertiary/aromatic N) is 2. The number of halogens is 2. The minimum absolute atomic E-state index is 0.196. The molecule has 1 atom stereocenters. The van der Waals surface area contributed by atoms with Crippen molar-refractivity contribution in [3.63, 3.8) is 0 Å². The molecule has 1 aromatic heterocycles. The molecule has 1 heterocycles. The highest BCUT2D eigenvalue weighted by Crippen LogP contribution is 2.28. The molecule has 1 unspecified atom stereocenters. The molecule has 6 heteroatoms. The fourth-order valence-corrected chi connectivity index (χ4v) is 2.07. The second kappa shape index (κ2) is 6.52. The van der Waals surface area contributed by atoms with Crippen molar-refractivity contribution in [2.24, 2.45) is 0 Å². The van der Waals surface area contributed by atoms with Gasteiger partial charge in [-0.3, -0.25) is 0 Å². The largest absolute Gasteiger partial charge is 0.494 e. The van der Waals surface area contributed by atoms with Crippen LogP contribution in [0.15, 0.2) is 30.6 Å². The zero-order valence-corrected chi connectivity index (χ0v) is 11.9. The monoisotopic (exact) mass is 296 g/mol. The molecule has 4 nitrogen and oxygen atoms in total. The Kier molecular flexibility index (Phi) is 4.74. The van der Waals surface area contributed by atoms with Crippen LogP contribution in [0.25, 0.3) is 0 Å². The van der Waals surface area contributed by atoms with Gasteiger partial charge in [0.15, 0.2) is 11.6 Å². The van der Waals surface area contributed by atoms with E-state index in [1.54, 1.807) is 18.2 Å². The Hall–Kier alpha value is -1.88. The molecular weight excluding hydrogens is 283 g/mol. The molecule has 0 saturated carbocycles. The Morgan fingerprint density at radius 2 is 2.00 bits per heavy atom. The minimum atomic E-state index is -0.434. The number of aromatic nitrogens is 2. The third-order valence-electron chi connectivity index (χ3n) is 2.83. The van der Waals surface area contributed by atoms with E-state index in [-0.39, 0.29) is 5.75 Å². The highest BCUT2D eigenvalue weighted by atomic mass is 35.5. The summed E-state index contributed by atoms with van der Waals surface area (Å²) in [7, 11) is 2.95. The van der Waals surface area contributed by atoms with Gasteiger partial charge >= 0.3 is 0 Å². The van der Waals surface area contributed by atoms with Gasteiger partial charge in [-0.15, -0.1) is 11.6 Å². The molecule has 106 valence electrons. The summed E-state index contributed by atoms with van der Waals surface area (Å²) in [5.41, 5.74) is 1.40. The van der Waals surface area contributed by atoms with Crippen molar-refractivity contribution < 1.29 is 13.9 Å². The first-order valence-corrected chi connectivity index (χ1v) is 6.40. The maximum atomic E-state index is 13.6. The summed E-state index contributed by atoms with van der Waals surface area (Å²) < 4.78 is 23.5. The molecule has 1 aromatic carbocycles. The van der Waals surface area contributed by atoms with E-state index in [4.69, 9.17) is 21.1 Å². The third-order valence-corrected chi connectivity index (χ3v) is 3.24. The maximum absolute atomic E-state index is 13.6. The average molecular weight is 297 g/mol. The molecular formula is C14H14ClFN2O2. The Balaban J connectivity index is 2.14. The first-order valence-electron chi connectivity index (χ1n) is 5.96. The van der Waals surface area contributed by atoms with Gasteiger partial charge in [-0.1, -0.05) is 6.07 Å². The summed E-state index contributed by atoms with van der Waals surface area (Å²) in [4.78, 5) is 8.04. The number of benzene rings is 1. The second-order valence-corrected chi connectivity index (χ2v) is 4.64. The van der Waals surface area contributed by atoms with Crippen LogP contribution in [0.4, 0.5) is 4.39 Å². The van der Waals surface area contributed by atoms with Gasteiger partial charge in [-0.05, 0) is 17.7 Å². The van der Waals surface area contributed by atoms with E-state index in [9.17, 15) is 4.39 Å². The van der Waals surface area contributed by atoms with E-state index in [1.807, 2.05) is 0 Å². The summed E-state index contributed by atoms with van der Waals surface area (Å²) in [6, 6.07) is 6.36. The van der Waals surface area contributed by atoms with Gasteiger partial charge < -0.3 is 9.47 Å². The van der Waals surface area contributed by atoms with E-state index in [1.165, 1.54) is 26.6 Å². The van der Waals surface area contributed by atoms with Crippen LogP contribution in [-0.4, -0.2) is 24.2 Å². The molecule has 0 aliphatic rings. The predicted molar refractivity (Wildman–Crippen MR) is 73.8 cm³/mol. The molecule has 0 aliphatic carbocycles. The van der Waals surface area contributed by atoms with E-state index in [0.29, 0.717) is 17.9 Å². The highest BCUT2D eigenvalue weighted by molar-refractivity contribution is 6.20. The van der Waals surface area contributed by atoms with E-state index in [0.717, 1.165) is 5.69 Å². The molecule has 20 heavy (non-hydrogen) atoms. The van der Waals surface area contributed by atoms with Crippen LogP contribution < -0.4 is 9.47 Å². The number of alkyl halides is 1. The molecule has 0 radical (unpaired) electrons. The number of rotatable bonds is 5. The zero-order valence-electron chi connectivity index (χ0n) is 11.1. The van der Waals surface area contributed by atoms with Crippen molar-refractivity contribution in [2.45, 2.75) is 11.8 Å². The van der Waals surface area contributed by atoms with Crippen LogP contribution in [0, 0.1) is 5.82 Å². The lowest BCUT2D eigenvalue weighted by Crippen LogP contribution is -2.01. The quantitative estimate of drug-likeness (QED) is 0.795. The maximum Gasteiger partial charge on any atom is 0.216 e. The lowest BCUT2D eigenvalue weighted by atomic mass is 10.1. The lowest BCUT2D eigenvalue weighted by Gasteiger charge is -2.11. The average Bonchev–Trinajstić information content (AvgIpc) is 2.47.